The lowest BCUT2D eigenvalue weighted by molar-refractivity contribution is -0.124. The van der Waals surface area contributed by atoms with Crippen LogP contribution in [0.4, 0.5) is 0 Å². The van der Waals surface area contributed by atoms with Gasteiger partial charge < -0.3 is 29.4 Å². The van der Waals surface area contributed by atoms with Gasteiger partial charge in [-0.15, -0.1) is 0 Å². The summed E-state index contributed by atoms with van der Waals surface area (Å²) in [6.45, 7) is 0.320. The van der Waals surface area contributed by atoms with Crippen molar-refractivity contribution < 1.29 is 38.4 Å². The summed E-state index contributed by atoms with van der Waals surface area (Å²) in [7, 11) is 0. The molecule has 1 amide bonds. The second-order valence-corrected chi connectivity index (χ2v) is 7.06. The lowest BCUT2D eigenvalue weighted by atomic mass is 10.1. The lowest BCUT2D eigenvalue weighted by Crippen LogP contribution is -2.33. The van der Waals surface area contributed by atoms with Crippen LogP contribution in [0, 0.1) is 0 Å². The van der Waals surface area contributed by atoms with E-state index in [4.69, 9.17) is 24.1 Å². The van der Waals surface area contributed by atoms with E-state index in [0.29, 0.717) is 18.1 Å². The van der Waals surface area contributed by atoms with E-state index in [-0.39, 0.29) is 44.5 Å². The Kier molecular flexibility index (Phi) is 9.39. The van der Waals surface area contributed by atoms with Crippen molar-refractivity contribution in [3.05, 3.63) is 83.8 Å². The molecule has 0 spiro atoms. The van der Waals surface area contributed by atoms with Gasteiger partial charge in [0.15, 0.2) is 12.4 Å². The van der Waals surface area contributed by atoms with Gasteiger partial charge in [-0.25, -0.2) is 0 Å². The molecule has 0 atom stereocenters. The van der Waals surface area contributed by atoms with Crippen LogP contribution >= 0.6 is 0 Å². The average Bonchev–Trinajstić information content (AvgIpc) is 2.85. The number of amides is 1. The summed E-state index contributed by atoms with van der Waals surface area (Å²) in [6, 6.07) is 16.5. The minimum atomic E-state index is -0.591. The van der Waals surface area contributed by atoms with Gasteiger partial charge in [0.2, 0.25) is 11.6 Å². The van der Waals surface area contributed by atoms with Crippen molar-refractivity contribution >= 4 is 17.5 Å². The third kappa shape index (κ3) is 7.88. The number of hydrogen-bond donors (Lipinski definition) is 2. The van der Waals surface area contributed by atoms with Crippen molar-refractivity contribution in [3.8, 4) is 11.5 Å². The van der Waals surface area contributed by atoms with Crippen molar-refractivity contribution in [2.45, 2.75) is 6.61 Å². The molecular formula is C25H25NO8. The number of aliphatic hydroxyl groups excluding tert-OH is 1. The normalized spacial score (nSPS) is 13.1. The van der Waals surface area contributed by atoms with Crippen LogP contribution in [-0.4, -0.2) is 55.6 Å². The highest BCUT2D eigenvalue weighted by molar-refractivity contribution is 6.19. The van der Waals surface area contributed by atoms with Crippen LogP contribution in [0.25, 0.3) is 0 Å². The van der Waals surface area contributed by atoms with Gasteiger partial charge in [-0.05, 0) is 29.8 Å². The minimum absolute atomic E-state index is 0.0459. The Balaban J connectivity index is 1.41. The monoisotopic (exact) mass is 467 g/mol. The van der Waals surface area contributed by atoms with Crippen LogP contribution in [0.15, 0.2) is 78.2 Å². The SMILES string of the molecule is O=C(COc1ccc(OCc2ccccc2)cc1)NC1=CC(=O)C(OCCOCCO)=CC1=O. The topological polar surface area (TPSA) is 120 Å². The summed E-state index contributed by atoms with van der Waals surface area (Å²) in [6.07, 6.45) is 2.02. The van der Waals surface area contributed by atoms with E-state index in [1.54, 1.807) is 24.3 Å². The number of ketones is 2. The first-order chi connectivity index (χ1) is 16.5. The molecule has 1 aliphatic rings. The van der Waals surface area contributed by atoms with Gasteiger partial charge in [0, 0.05) is 12.2 Å². The van der Waals surface area contributed by atoms with E-state index in [0.717, 1.165) is 17.7 Å². The molecule has 2 aromatic rings. The molecule has 1 aliphatic carbocycles. The van der Waals surface area contributed by atoms with Crippen molar-refractivity contribution in [3.63, 3.8) is 0 Å². The lowest BCUT2D eigenvalue weighted by Gasteiger charge is -2.14. The van der Waals surface area contributed by atoms with E-state index in [9.17, 15) is 14.4 Å². The summed E-state index contributed by atoms with van der Waals surface area (Å²) >= 11 is 0. The molecule has 0 saturated carbocycles. The second kappa shape index (κ2) is 12.9. The number of rotatable bonds is 13. The first kappa shape index (κ1) is 24.7. The molecule has 3 rings (SSSR count). The molecule has 0 fully saturated rings. The number of carbonyl (C=O) groups excluding carboxylic acids is 3. The Morgan fingerprint density at radius 1 is 0.794 bits per heavy atom. The number of allylic oxidation sites excluding steroid dienone is 2. The van der Waals surface area contributed by atoms with Crippen molar-refractivity contribution in [2.24, 2.45) is 0 Å². The predicted molar refractivity (Wildman–Crippen MR) is 121 cm³/mol. The summed E-state index contributed by atoms with van der Waals surface area (Å²) in [5.41, 5.74) is 0.886. The summed E-state index contributed by atoms with van der Waals surface area (Å²) in [5.74, 6) is -0.750. The van der Waals surface area contributed by atoms with Crippen LogP contribution in [0.1, 0.15) is 5.56 Å². The Morgan fingerprint density at radius 3 is 2.21 bits per heavy atom. The minimum Gasteiger partial charge on any atom is -0.489 e. The van der Waals surface area contributed by atoms with E-state index < -0.39 is 17.5 Å². The van der Waals surface area contributed by atoms with Crippen molar-refractivity contribution in [2.75, 3.05) is 33.0 Å². The fraction of sp³-hybridized carbons (Fsp3) is 0.240. The van der Waals surface area contributed by atoms with Crippen molar-refractivity contribution in [1.82, 2.24) is 5.32 Å². The zero-order valence-corrected chi connectivity index (χ0v) is 18.4. The third-order valence-electron chi connectivity index (χ3n) is 4.48. The molecule has 0 aromatic heterocycles. The molecule has 0 aliphatic heterocycles. The molecule has 0 unspecified atom stereocenters. The molecule has 9 nitrogen and oxygen atoms in total. The maximum Gasteiger partial charge on any atom is 0.262 e. The van der Waals surface area contributed by atoms with Gasteiger partial charge in [-0.2, -0.15) is 0 Å². The van der Waals surface area contributed by atoms with Crippen molar-refractivity contribution in [1.29, 1.82) is 0 Å². The Bertz CT molecular complexity index is 1040. The predicted octanol–water partition coefficient (Wildman–Crippen LogP) is 1.71. The fourth-order valence-electron chi connectivity index (χ4n) is 2.84. The molecule has 34 heavy (non-hydrogen) atoms. The second-order valence-electron chi connectivity index (χ2n) is 7.06. The Morgan fingerprint density at radius 2 is 1.50 bits per heavy atom. The van der Waals surface area contributed by atoms with Gasteiger partial charge in [-0.1, -0.05) is 30.3 Å². The highest BCUT2D eigenvalue weighted by Crippen LogP contribution is 2.19. The van der Waals surface area contributed by atoms with E-state index in [1.165, 1.54) is 0 Å². The highest BCUT2D eigenvalue weighted by atomic mass is 16.5. The zero-order chi connectivity index (χ0) is 24.2. The maximum atomic E-state index is 12.2. The van der Waals surface area contributed by atoms with Gasteiger partial charge in [0.1, 0.15) is 24.7 Å². The van der Waals surface area contributed by atoms with Crippen LogP contribution < -0.4 is 14.8 Å². The molecule has 0 heterocycles. The fourth-order valence-corrected chi connectivity index (χ4v) is 2.84. The average molecular weight is 467 g/mol. The van der Waals surface area contributed by atoms with Gasteiger partial charge in [0.05, 0.1) is 25.5 Å². The number of carbonyl (C=O) groups is 3. The van der Waals surface area contributed by atoms with Crippen LogP contribution in [0.5, 0.6) is 11.5 Å². The maximum absolute atomic E-state index is 12.2. The molecular weight excluding hydrogens is 442 g/mol. The first-order valence-electron chi connectivity index (χ1n) is 10.6. The van der Waals surface area contributed by atoms with Crippen LogP contribution in [-0.2, 0) is 30.5 Å². The van der Waals surface area contributed by atoms with E-state index >= 15 is 0 Å². The standard InChI is InChI=1S/C25H25NO8/c27-10-11-31-12-13-32-24-15-22(28)21(14-23(24)29)26-25(30)17-34-20-8-6-19(7-9-20)33-16-18-4-2-1-3-5-18/h1-9,14-15,27H,10-13,16-17H2,(H,26,30). The van der Waals surface area contributed by atoms with E-state index in [2.05, 4.69) is 5.32 Å². The number of hydrogen-bond acceptors (Lipinski definition) is 8. The molecule has 0 bridgehead atoms. The third-order valence-corrected chi connectivity index (χ3v) is 4.48. The smallest absolute Gasteiger partial charge is 0.262 e. The van der Waals surface area contributed by atoms with Gasteiger partial charge in [0.25, 0.3) is 5.91 Å². The molecule has 2 N–H and O–H groups in total. The molecule has 0 radical (unpaired) electrons. The van der Waals surface area contributed by atoms with E-state index in [1.807, 2.05) is 30.3 Å². The largest absolute Gasteiger partial charge is 0.489 e. The molecule has 0 saturated heterocycles. The first-order valence-corrected chi connectivity index (χ1v) is 10.6. The van der Waals surface area contributed by atoms with Crippen LogP contribution in [0.2, 0.25) is 0 Å². The quantitative estimate of drug-likeness (QED) is 0.337. The molecule has 2 aromatic carbocycles. The molecule has 178 valence electrons. The molecule has 9 heteroatoms. The van der Waals surface area contributed by atoms with Crippen LogP contribution in [0.3, 0.4) is 0 Å². The highest BCUT2D eigenvalue weighted by Gasteiger charge is 2.23. The Hall–Kier alpha value is -3.95. The summed E-state index contributed by atoms with van der Waals surface area (Å²) in [5, 5.41) is 11.0. The number of benzene rings is 2. The zero-order valence-electron chi connectivity index (χ0n) is 18.4. The van der Waals surface area contributed by atoms with Gasteiger partial charge >= 0.3 is 0 Å². The number of ether oxygens (including phenoxy) is 4. The summed E-state index contributed by atoms with van der Waals surface area (Å²) < 4.78 is 21.4. The van der Waals surface area contributed by atoms with Gasteiger partial charge in [-0.3, -0.25) is 14.4 Å². The Labute approximate surface area is 196 Å². The number of aliphatic hydroxyl groups is 1. The number of nitrogens with one attached hydrogen (secondary N) is 1. The summed E-state index contributed by atoms with van der Waals surface area (Å²) in [4.78, 5) is 36.5.